The zero-order valence-corrected chi connectivity index (χ0v) is 13.4. The number of imide groups is 2. The van der Waals surface area contributed by atoms with Gasteiger partial charge in [0.2, 0.25) is 11.8 Å². The van der Waals surface area contributed by atoms with E-state index in [0.717, 1.165) is 0 Å². The molecule has 0 unspecified atom stereocenters. The van der Waals surface area contributed by atoms with Gasteiger partial charge in [0.15, 0.2) is 0 Å². The number of carbonyl (C=O) groups excluding carboxylic acids is 5. The van der Waals surface area contributed by atoms with Crippen molar-refractivity contribution in [3.63, 3.8) is 0 Å². The third-order valence-corrected chi connectivity index (χ3v) is 4.96. The van der Waals surface area contributed by atoms with Crippen molar-refractivity contribution in [2.24, 2.45) is 11.8 Å². The second-order valence-electron chi connectivity index (χ2n) is 6.61. The monoisotopic (exact) mass is 336 g/mol. The van der Waals surface area contributed by atoms with E-state index in [1.807, 2.05) is 0 Å². The summed E-state index contributed by atoms with van der Waals surface area (Å²) in [4.78, 5) is 64.6. The molecule has 4 amide bonds. The molecule has 24 heavy (non-hydrogen) atoms. The van der Waals surface area contributed by atoms with E-state index in [0.29, 0.717) is 50.1 Å². The van der Waals surface area contributed by atoms with Gasteiger partial charge in [0, 0.05) is 32.2 Å². The van der Waals surface area contributed by atoms with Gasteiger partial charge in [-0.25, -0.2) is 4.79 Å². The SMILES string of the molecule is O=C(ON1C(=O)CCC1=O)C1CCC(CN2C(=O)CCC2=O)CC1. The van der Waals surface area contributed by atoms with Gasteiger partial charge in [-0.15, -0.1) is 5.06 Å². The Morgan fingerprint density at radius 2 is 1.33 bits per heavy atom. The molecule has 0 aromatic heterocycles. The highest BCUT2D eigenvalue weighted by atomic mass is 16.7. The Labute approximate surface area is 139 Å². The first-order valence-corrected chi connectivity index (χ1v) is 8.36. The molecule has 0 aromatic rings. The maximum atomic E-state index is 12.1. The summed E-state index contributed by atoms with van der Waals surface area (Å²) in [5.74, 6) is -1.91. The quantitative estimate of drug-likeness (QED) is 0.695. The van der Waals surface area contributed by atoms with Gasteiger partial charge in [-0.05, 0) is 31.6 Å². The number of hydrogen-bond donors (Lipinski definition) is 0. The molecule has 0 radical (unpaired) electrons. The third-order valence-electron chi connectivity index (χ3n) is 4.96. The molecule has 1 aliphatic carbocycles. The highest BCUT2D eigenvalue weighted by molar-refractivity contribution is 6.02. The average Bonchev–Trinajstić information content (AvgIpc) is 3.05. The van der Waals surface area contributed by atoms with Gasteiger partial charge in [0.05, 0.1) is 5.92 Å². The molecule has 2 heterocycles. The van der Waals surface area contributed by atoms with Crippen LogP contribution >= 0.6 is 0 Å². The molecule has 0 atom stereocenters. The summed E-state index contributed by atoms with van der Waals surface area (Å²) in [6.45, 7) is 0.419. The highest BCUT2D eigenvalue weighted by Gasteiger charge is 2.37. The van der Waals surface area contributed by atoms with E-state index < -0.39 is 17.8 Å². The average molecular weight is 336 g/mol. The van der Waals surface area contributed by atoms with Crippen molar-refractivity contribution in [1.29, 1.82) is 0 Å². The molecular weight excluding hydrogens is 316 g/mol. The number of amides is 4. The molecule has 130 valence electrons. The molecule has 0 bridgehead atoms. The Bertz CT molecular complexity index is 561. The molecular formula is C16H20N2O6. The van der Waals surface area contributed by atoms with Gasteiger partial charge >= 0.3 is 5.97 Å². The minimum Gasteiger partial charge on any atom is -0.330 e. The van der Waals surface area contributed by atoms with Crippen molar-refractivity contribution in [3.8, 4) is 0 Å². The number of hydroxylamine groups is 2. The lowest BCUT2D eigenvalue weighted by atomic mass is 9.82. The van der Waals surface area contributed by atoms with Crippen molar-refractivity contribution in [2.75, 3.05) is 6.54 Å². The first kappa shape index (κ1) is 16.6. The van der Waals surface area contributed by atoms with Crippen LogP contribution in [0.25, 0.3) is 0 Å². The predicted octanol–water partition coefficient (Wildman–Crippen LogP) is 0.549. The van der Waals surface area contributed by atoms with Crippen LogP contribution in [0.2, 0.25) is 0 Å². The van der Waals surface area contributed by atoms with Gasteiger partial charge in [0.25, 0.3) is 11.8 Å². The third kappa shape index (κ3) is 3.32. The van der Waals surface area contributed by atoms with Gasteiger partial charge in [-0.3, -0.25) is 24.1 Å². The molecule has 1 saturated carbocycles. The first-order valence-electron chi connectivity index (χ1n) is 8.36. The van der Waals surface area contributed by atoms with Crippen molar-refractivity contribution in [3.05, 3.63) is 0 Å². The fourth-order valence-corrected chi connectivity index (χ4v) is 3.49. The Morgan fingerprint density at radius 1 is 0.833 bits per heavy atom. The molecule has 3 aliphatic rings. The van der Waals surface area contributed by atoms with Gasteiger partial charge in [-0.1, -0.05) is 0 Å². The number of rotatable bonds is 4. The van der Waals surface area contributed by atoms with E-state index in [2.05, 4.69) is 0 Å². The molecule has 2 saturated heterocycles. The maximum Gasteiger partial charge on any atom is 0.336 e. The van der Waals surface area contributed by atoms with Crippen LogP contribution in [0.5, 0.6) is 0 Å². The molecule has 3 fully saturated rings. The minimum absolute atomic E-state index is 0.0801. The molecule has 8 nitrogen and oxygen atoms in total. The fraction of sp³-hybridized carbons (Fsp3) is 0.688. The lowest BCUT2D eigenvalue weighted by molar-refractivity contribution is -0.201. The van der Waals surface area contributed by atoms with Crippen LogP contribution in [0.15, 0.2) is 0 Å². The Balaban J connectivity index is 1.47. The van der Waals surface area contributed by atoms with Crippen molar-refractivity contribution in [1.82, 2.24) is 9.96 Å². The summed E-state index contributed by atoms with van der Waals surface area (Å²) in [7, 11) is 0. The van der Waals surface area contributed by atoms with E-state index in [4.69, 9.17) is 4.84 Å². The second kappa shape index (κ2) is 6.70. The number of likely N-dealkylation sites (tertiary alicyclic amines) is 1. The van der Waals surface area contributed by atoms with Crippen LogP contribution in [0.1, 0.15) is 51.4 Å². The van der Waals surface area contributed by atoms with Crippen molar-refractivity contribution in [2.45, 2.75) is 51.4 Å². The van der Waals surface area contributed by atoms with E-state index in [9.17, 15) is 24.0 Å². The van der Waals surface area contributed by atoms with Crippen molar-refractivity contribution >= 4 is 29.6 Å². The summed E-state index contributed by atoms with van der Waals surface area (Å²) < 4.78 is 0. The first-order chi connectivity index (χ1) is 11.5. The molecule has 3 rings (SSSR count). The highest BCUT2D eigenvalue weighted by Crippen LogP contribution is 2.31. The summed E-state index contributed by atoms with van der Waals surface area (Å²) >= 11 is 0. The van der Waals surface area contributed by atoms with Crippen LogP contribution in [-0.2, 0) is 28.8 Å². The summed E-state index contributed by atoms with van der Waals surface area (Å²) in [6.07, 6.45) is 3.29. The van der Waals surface area contributed by atoms with E-state index in [1.54, 1.807) is 0 Å². The minimum atomic E-state index is -0.551. The standard InChI is InChI=1S/C16H20N2O6/c19-12-5-6-13(20)17(12)9-10-1-3-11(4-2-10)16(23)24-18-14(21)7-8-15(18)22/h10-11H,1-9H2. The summed E-state index contributed by atoms with van der Waals surface area (Å²) in [5.41, 5.74) is 0. The second-order valence-corrected chi connectivity index (χ2v) is 6.61. The molecule has 0 N–H and O–H groups in total. The topological polar surface area (TPSA) is 101 Å². The summed E-state index contributed by atoms with van der Waals surface area (Å²) in [5, 5.41) is 0.579. The van der Waals surface area contributed by atoms with Crippen LogP contribution in [-0.4, -0.2) is 46.1 Å². The van der Waals surface area contributed by atoms with Gasteiger partial charge in [-0.2, -0.15) is 0 Å². The molecule has 8 heteroatoms. The van der Waals surface area contributed by atoms with Crippen LogP contribution in [0.4, 0.5) is 0 Å². The van der Waals surface area contributed by atoms with E-state index in [-0.39, 0.29) is 36.5 Å². The number of carbonyl (C=O) groups is 5. The van der Waals surface area contributed by atoms with Gasteiger partial charge < -0.3 is 4.84 Å². The molecule has 2 aliphatic heterocycles. The van der Waals surface area contributed by atoms with Crippen molar-refractivity contribution < 1.29 is 28.8 Å². The summed E-state index contributed by atoms with van der Waals surface area (Å²) in [6, 6.07) is 0. The molecule has 0 spiro atoms. The lowest BCUT2D eigenvalue weighted by Gasteiger charge is -2.29. The number of nitrogens with zero attached hydrogens (tertiary/aromatic N) is 2. The van der Waals surface area contributed by atoms with Crippen LogP contribution < -0.4 is 0 Å². The lowest BCUT2D eigenvalue weighted by Crippen LogP contribution is -2.38. The fourth-order valence-electron chi connectivity index (χ4n) is 3.49. The van der Waals surface area contributed by atoms with Crippen LogP contribution in [0.3, 0.4) is 0 Å². The van der Waals surface area contributed by atoms with E-state index >= 15 is 0 Å². The smallest absolute Gasteiger partial charge is 0.330 e. The maximum absolute atomic E-state index is 12.1. The molecule has 0 aromatic carbocycles. The normalized spacial score (nSPS) is 28.0. The number of hydrogen-bond acceptors (Lipinski definition) is 6. The largest absolute Gasteiger partial charge is 0.336 e. The zero-order valence-electron chi connectivity index (χ0n) is 13.4. The predicted molar refractivity (Wildman–Crippen MR) is 78.6 cm³/mol. The Hall–Kier alpha value is -2.25. The van der Waals surface area contributed by atoms with Crippen LogP contribution in [0, 0.1) is 11.8 Å². The Morgan fingerprint density at radius 3 is 1.88 bits per heavy atom. The van der Waals surface area contributed by atoms with Gasteiger partial charge in [0.1, 0.15) is 0 Å². The van der Waals surface area contributed by atoms with E-state index in [1.165, 1.54) is 4.90 Å². The zero-order chi connectivity index (χ0) is 17.3. The Kier molecular flexibility index (Phi) is 4.64.